The van der Waals surface area contributed by atoms with E-state index in [9.17, 15) is 9.59 Å². The maximum Gasteiger partial charge on any atom is 0.254 e. The van der Waals surface area contributed by atoms with E-state index in [4.69, 9.17) is 17.3 Å². The molecule has 0 radical (unpaired) electrons. The third kappa shape index (κ3) is 3.91. The summed E-state index contributed by atoms with van der Waals surface area (Å²) in [5.41, 5.74) is 6.20. The first-order chi connectivity index (χ1) is 9.83. The minimum absolute atomic E-state index is 0. The summed E-state index contributed by atoms with van der Waals surface area (Å²) in [4.78, 5) is 25.7. The van der Waals surface area contributed by atoms with Crippen LogP contribution in [0.15, 0.2) is 18.2 Å². The van der Waals surface area contributed by atoms with Crippen molar-refractivity contribution >= 4 is 41.5 Å². The molecule has 0 bridgehead atoms. The van der Waals surface area contributed by atoms with Gasteiger partial charge in [-0.3, -0.25) is 9.59 Å². The van der Waals surface area contributed by atoms with Gasteiger partial charge in [0, 0.05) is 19.8 Å². The highest BCUT2D eigenvalue weighted by molar-refractivity contribution is 6.34. The molecular formula is C15H21Cl2N3O2. The Morgan fingerprint density at radius 2 is 1.86 bits per heavy atom. The van der Waals surface area contributed by atoms with Gasteiger partial charge in [-0.1, -0.05) is 24.4 Å². The van der Waals surface area contributed by atoms with E-state index in [1.54, 1.807) is 32.3 Å². The van der Waals surface area contributed by atoms with Crippen LogP contribution in [0.25, 0.3) is 0 Å². The van der Waals surface area contributed by atoms with Crippen LogP contribution in [0.2, 0.25) is 5.02 Å². The normalized spacial score (nSPS) is 15.8. The average Bonchev–Trinajstić information content (AvgIpc) is 2.88. The predicted octanol–water partition coefficient (Wildman–Crippen LogP) is 2.67. The summed E-state index contributed by atoms with van der Waals surface area (Å²) in [5, 5.41) is 3.15. The van der Waals surface area contributed by atoms with Crippen molar-refractivity contribution in [3.8, 4) is 0 Å². The molecule has 1 aromatic carbocycles. The molecule has 7 heteroatoms. The van der Waals surface area contributed by atoms with Gasteiger partial charge >= 0.3 is 0 Å². The molecule has 2 amide bonds. The summed E-state index contributed by atoms with van der Waals surface area (Å²) in [6, 6.07) is 4.86. The minimum atomic E-state index is -0.800. The molecule has 122 valence electrons. The van der Waals surface area contributed by atoms with Gasteiger partial charge in [-0.15, -0.1) is 12.4 Å². The van der Waals surface area contributed by atoms with E-state index in [-0.39, 0.29) is 24.2 Å². The number of nitrogens with zero attached hydrogens (tertiary/aromatic N) is 1. The SMILES string of the molecule is CN(C)C(=O)c1cc(NC(=O)C2(N)CCCC2)ccc1Cl.Cl. The zero-order valence-electron chi connectivity index (χ0n) is 12.7. The highest BCUT2D eigenvalue weighted by atomic mass is 35.5. The summed E-state index contributed by atoms with van der Waals surface area (Å²) in [6.07, 6.45) is 3.32. The van der Waals surface area contributed by atoms with Crippen LogP contribution in [0.5, 0.6) is 0 Å². The number of carbonyl (C=O) groups is 2. The lowest BCUT2D eigenvalue weighted by Gasteiger charge is -2.22. The van der Waals surface area contributed by atoms with Crippen LogP contribution in [0.4, 0.5) is 5.69 Å². The van der Waals surface area contributed by atoms with E-state index in [1.165, 1.54) is 4.90 Å². The number of benzene rings is 1. The van der Waals surface area contributed by atoms with Crippen LogP contribution in [-0.2, 0) is 4.79 Å². The minimum Gasteiger partial charge on any atom is -0.345 e. The van der Waals surface area contributed by atoms with Crippen LogP contribution >= 0.6 is 24.0 Å². The van der Waals surface area contributed by atoms with Crippen molar-refractivity contribution in [2.75, 3.05) is 19.4 Å². The molecule has 1 aliphatic rings. The Labute approximate surface area is 141 Å². The Hall–Kier alpha value is -1.30. The summed E-state index contributed by atoms with van der Waals surface area (Å²) in [7, 11) is 3.30. The van der Waals surface area contributed by atoms with Gasteiger partial charge < -0.3 is 16.0 Å². The molecule has 1 saturated carbocycles. The highest BCUT2D eigenvalue weighted by Crippen LogP contribution is 2.29. The van der Waals surface area contributed by atoms with Crippen molar-refractivity contribution in [2.45, 2.75) is 31.2 Å². The van der Waals surface area contributed by atoms with Gasteiger partial charge in [0.1, 0.15) is 0 Å². The average molecular weight is 346 g/mol. The summed E-state index contributed by atoms with van der Waals surface area (Å²) in [6.45, 7) is 0. The number of hydrogen-bond acceptors (Lipinski definition) is 3. The maximum atomic E-state index is 12.3. The number of carbonyl (C=O) groups excluding carboxylic acids is 2. The van der Waals surface area contributed by atoms with Gasteiger partial charge in [0.15, 0.2) is 0 Å². The second-order valence-corrected chi connectivity index (χ2v) is 6.12. The number of halogens is 2. The molecule has 0 aliphatic heterocycles. The first kappa shape index (κ1) is 18.7. The molecule has 0 heterocycles. The van der Waals surface area contributed by atoms with Gasteiger partial charge in [0.2, 0.25) is 5.91 Å². The van der Waals surface area contributed by atoms with Crippen molar-refractivity contribution in [2.24, 2.45) is 5.73 Å². The molecule has 0 spiro atoms. The van der Waals surface area contributed by atoms with Crippen molar-refractivity contribution in [1.82, 2.24) is 4.90 Å². The first-order valence-electron chi connectivity index (χ1n) is 6.95. The molecule has 0 unspecified atom stereocenters. The van der Waals surface area contributed by atoms with E-state index >= 15 is 0 Å². The Morgan fingerprint density at radius 1 is 1.27 bits per heavy atom. The second kappa shape index (κ2) is 7.31. The van der Waals surface area contributed by atoms with E-state index < -0.39 is 5.54 Å². The standard InChI is InChI=1S/C15H20ClN3O2.ClH/c1-19(2)13(20)11-9-10(5-6-12(11)16)18-14(21)15(17)7-3-4-8-15;/h5-6,9H,3-4,7-8,17H2,1-2H3,(H,18,21);1H. The Morgan fingerprint density at radius 3 is 2.41 bits per heavy atom. The Balaban J connectivity index is 0.00000242. The zero-order chi connectivity index (χ0) is 15.6. The largest absolute Gasteiger partial charge is 0.345 e. The van der Waals surface area contributed by atoms with Gasteiger partial charge in [-0.25, -0.2) is 0 Å². The molecule has 1 aromatic rings. The molecule has 5 nitrogen and oxygen atoms in total. The van der Waals surface area contributed by atoms with Gasteiger partial charge in [0.25, 0.3) is 5.91 Å². The number of nitrogens with two attached hydrogens (primary N) is 1. The van der Waals surface area contributed by atoms with Gasteiger partial charge in [-0.05, 0) is 31.0 Å². The van der Waals surface area contributed by atoms with E-state index in [1.807, 2.05) is 0 Å². The van der Waals surface area contributed by atoms with Crippen LogP contribution in [0.1, 0.15) is 36.0 Å². The van der Waals surface area contributed by atoms with Crippen molar-refractivity contribution in [1.29, 1.82) is 0 Å². The zero-order valence-corrected chi connectivity index (χ0v) is 14.3. The summed E-state index contributed by atoms with van der Waals surface area (Å²) in [5.74, 6) is -0.412. The Bertz CT molecular complexity index is 570. The number of hydrogen-bond donors (Lipinski definition) is 2. The molecule has 1 aliphatic carbocycles. The maximum absolute atomic E-state index is 12.3. The highest BCUT2D eigenvalue weighted by Gasteiger charge is 2.37. The topological polar surface area (TPSA) is 75.4 Å². The first-order valence-corrected chi connectivity index (χ1v) is 7.33. The number of amides is 2. The molecule has 3 N–H and O–H groups in total. The predicted molar refractivity (Wildman–Crippen MR) is 90.7 cm³/mol. The molecular weight excluding hydrogens is 325 g/mol. The fourth-order valence-corrected chi connectivity index (χ4v) is 2.69. The smallest absolute Gasteiger partial charge is 0.254 e. The van der Waals surface area contributed by atoms with Crippen LogP contribution in [-0.4, -0.2) is 36.3 Å². The molecule has 2 rings (SSSR count). The van der Waals surface area contributed by atoms with Crippen LogP contribution in [0.3, 0.4) is 0 Å². The van der Waals surface area contributed by atoms with E-state index in [2.05, 4.69) is 5.32 Å². The Kier molecular flexibility index (Phi) is 6.23. The third-order valence-corrected chi connectivity index (χ3v) is 4.14. The number of rotatable bonds is 3. The van der Waals surface area contributed by atoms with E-state index in [0.717, 1.165) is 12.8 Å². The van der Waals surface area contributed by atoms with Gasteiger partial charge in [-0.2, -0.15) is 0 Å². The second-order valence-electron chi connectivity index (χ2n) is 5.71. The lowest BCUT2D eigenvalue weighted by molar-refractivity contribution is -0.121. The number of anilines is 1. The number of nitrogens with one attached hydrogen (secondary N) is 1. The van der Waals surface area contributed by atoms with E-state index in [0.29, 0.717) is 29.1 Å². The molecule has 22 heavy (non-hydrogen) atoms. The van der Waals surface area contributed by atoms with Crippen LogP contribution in [0, 0.1) is 0 Å². The summed E-state index contributed by atoms with van der Waals surface area (Å²) >= 11 is 6.04. The lowest BCUT2D eigenvalue weighted by atomic mass is 9.98. The molecule has 1 fully saturated rings. The quantitative estimate of drug-likeness (QED) is 0.884. The lowest BCUT2D eigenvalue weighted by Crippen LogP contribution is -2.48. The van der Waals surface area contributed by atoms with Crippen molar-refractivity contribution < 1.29 is 9.59 Å². The molecule has 0 saturated heterocycles. The third-order valence-electron chi connectivity index (χ3n) is 3.81. The van der Waals surface area contributed by atoms with Crippen LogP contribution < -0.4 is 11.1 Å². The summed E-state index contributed by atoms with van der Waals surface area (Å²) < 4.78 is 0. The van der Waals surface area contributed by atoms with Crippen molar-refractivity contribution in [3.63, 3.8) is 0 Å². The van der Waals surface area contributed by atoms with Crippen molar-refractivity contribution in [3.05, 3.63) is 28.8 Å². The fourth-order valence-electron chi connectivity index (χ4n) is 2.50. The van der Waals surface area contributed by atoms with Gasteiger partial charge in [0.05, 0.1) is 16.1 Å². The molecule has 0 atom stereocenters. The molecule has 0 aromatic heterocycles. The fraction of sp³-hybridized carbons (Fsp3) is 0.467. The monoisotopic (exact) mass is 345 g/mol.